The predicted octanol–water partition coefficient (Wildman–Crippen LogP) is 2.44. The Labute approximate surface area is 67.0 Å². The van der Waals surface area contributed by atoms with Gasteiger partial charge in [-0.2, -0.15) is 0 Å². The average Bonchev–Trinajstić information content (AvgIpc) is 2.29. The van der Waals surface area contributed by atoms with Gasteiger partial charge >= 0.3 is 66.6 Å². The van der Waals surface area contributed by atoms with Crippen LogP contribution < -0.4 is 0 Å². The molecule has 0 aromatic rings. The molecule has 0 radical (unpaired) electrons. The van der Waals surface area contributed by atoms with Crippen molar-refractivity contribution in [1.29, 1.82) is 0 Å². The molecule has 0 aliphatic heterocycles. The predicted molar refractivity (Wildman–Crippen MR) is 39.3 cm³/mol. The third-order valence-electron chi connectivity index (χ3n) is 1.40. The molecule has 0 N–H and O–H groups in total. The molecule has 0 spiro atoms. The molecule has 0 nitrogen and oxygen atoms in total. The van der Waals surface area contributed by atoms with Crippen LogP contribution in [0.1, 0.15) is 0 Å². The van der Waals surface area contributed by atoms with E-state index in [2.05, 4.69) is 42.5 Å². The van der Waals surface area contributed by atoms with Crippen molar-refractivity contribution in [2.45, 2.75) is 4.85 Å². The molecule has 0 saturated carbocycles. The van der Waals surface area contributed by atoms with E-state index in [4.69, 9.17) is 0 Å². The molecule has 0 saturated heterocycles. The van der Waals surface area contributed by atoms with Crippen LogP contribution in [0.2, 0.25) is 4.85 Å². The van der Waals surface area contributed by atoms with E-state index in [0.29, 0.717) is 4.85 Å². The fraction of sp³-hybridized carbons (Fsp3) is 0.111. The van der Waals surface area contributed by atoms with Gasteiger partial charge in [0.2, 0.25) is 0 Å². The summed E-state index contributed by atoms with van der Waals surface area (Å²) in [6.07, 6.45) is 15.1. The van der Waals surface area contributed by atoms with Gasteiger partial charge in [-0.3, -0.25) is 0 Å². The van der Waals surface area contributed by atoms with E-state index in [1.54, 1.807) is 0 Å². The SMILES string of the molecule is C1=C[C]([Co][CH]2C=CC=C2)=C1. The van der Waals surface area contributed by atoms with E-state index in [1.165, 1.54) is 19.2 Å². The van der Waals surface area contributed by atoms with Gasteiger partial charge in [0, 0.05) is 0 Å². The minimum absolute atomic E-state index is 0.632. The van der Waals surface area contributed by atoms with Gasteiger partial charge in [-0.25, -0.2) is 0 Å². The van der Waals surface area contributed by atoms with E-state index in [9.17, 15) is 0 Å². The first kappa shape index (κ1) is 6.19. The summed E-state index contributed by atoms with van der Waals surface area (Å²) in [6.45, 7) is 0. The second-order valence-electron chi connectivity index (χ2n) is 2.17. The summed E-state index contributed by atoms with van der Waals surface area (Å²) in [5.41, 5.74) is 0. The second kappa shape index (κ2) is 2.60. The van der Waals surface area contributed by atoms with Crippen molar-refractivity contribution in [1.82, 2.24) is 0 Å². The van der Waals surface area contributed by atoms with Crippen molar-refractivity contribution in [3.05, 3.63) is 47.0 Å². The van der Waals surface area contributed by atoms with Crippen LogP contribution in [0.5, 0.6) is 0 Å². The first-order chi connectivity index (χ1) is 4.95. The Kier molecular flexibility index (Phi) is 1.61. The summed E-state index contributed by atoms with van der Waals surface area (Å²) >= 11 is 1.45. The summed E-state index contributed by atoms with van der Waals surface area (Å²) in [6, 6.07) is 0. The Balaban J connectivity index is 1.90. The zero-order valence-electron chi connectivity index (χ0n) is 5.45. The zero-order valence-corrected chi connectivity index (χ0v) is 6.49. The van der Waals surface area contributed by atoms with Gasteiger partial charge in [-0.05, 0) is 0 Å². The molecule has 2 rings (SSSR count). The summed E-state index contributed by atoms with van der Waals surface area (Å²) in [7, 11) is 0. The number of hydrogen-bond acceptors (Lipinski definition) is 0. The first-order valence-electron chi connectivity index (χ1n) is 3.27. The van der Waals surface area contributed by atoms with E-state index >= 15 is 0 Å². The molecular weight excluding hydrogens is 167 g/mol. The Morgan fingerprint density at radius 3 is 2.30 bits per heavy atom. The fourth-order valence-corrected chi connectivity index (χ4v) is 2.04. The van der Waals surface area contributed by atoms with Gasteiger partial charge in [-0.1, -0.05) is 0 Å². The Bertz CT molecular complexity index is 231. The Morgan fingerprint density at radius 2 is 1.80 bits per heavy atom. The van der Waals surface area contributed by atoms with Gasteiger partial charge in [0.25, 0.3) is 0 Å². The second-order valence-corrected chi connectivity index (χ2v) is 3.76. The van der Waals surface area contributed by atoms with Crippen LogP contribution in [0.3, 0.4) is 0 Å². The van der Waals surface area contributed by atoms with Crippen LogP contribution in [0.4, 0.5) is 0 Å². The molecule has 0 aromatic carbocycles. The third kappa shape index (κ3) is 1.15. The topological polar surface area (TPSA) is 0 Å². The maximum atomic E-state index is 2.23. The Morgan fingerprint density at radius 1 is 1.10 bits per heavy atom. The van der Waals surface area contributed by atoms with E-state index in [1.807, 2.05) is 0 Å². The summed E-state index contributed by atoms with van der Waals surface area (Å²) < 4.78 is 1.44. The Hall–Kier alpha value is -0.534. The molecule has 0 bridgehead atoms. The van der Waals surface area contributed by atoms with E-state index < -0.39 is 0 Å². The van der Waals surface area contributed by atoms with Gasteiger partial charge in [0.15, 0.2) is 0 Å². The van der Waals surface area contributed by atoms with Crippen molar-refractivity contribution in [2.24, 2.45) is 0 Å². The van der Waals surface area contributed by atoms with Crippen LogP contribution >= 0.6 is 0 Å². The van der Waals surface area contributed by atoms with Crippen LogP contribution in [0.15, 0.2) is 47.0 Å². The van der Waals surface area contributed by atoms with Crippen molar-refractivity contribution in [3.8, 4) is 0 Å². The molecule has 0 unspecified atom stereocenters. The van der Waals surface area contributed by atoms with Crippen LogP contribution in [0.25, 0.3) is 0 Å². The molecule has 10 heavy (non-hydrogen) atoms. The monoisotopic (exact) mass is 175 g/mol. The van der Waals surface area contributed by atoms with E-state index in [0.717, 1.165) is 0 Å². The van der Waals surface area contributed by atoms with Crippen LogP contribution in [0, 0.1) is 0 Å². The molecule has 1 heteroatoms. The van der Waals surface area contributed by atoms with Crippen molar-refractivity contribution >= 4 is 0 Å². The maximum absolute atomic E-state index is 2.23. The van der Waals surface area contributed by atoms with E-state index in [-0.39, 0.29) is 0 Å². The number of allylic oxidation sites excluding steroid dienone is 8. The third-order valence-corrected chi connectivity index (χ3v) is 2.84. The molecule has 53 valence electrons. The summed E-state index contributed by atoms with van der Waals surface area (Å²) in [4.78, 5) is 0.632. The number of hydrogen-bond donors (Lipinski definition) is 0. The van der Waals surface area contributed by atoms with Gasteiger partial charge in [0.1, 0.15) is 0 Å². The molecule has 0 atom stereocenters. The minimum atomic E-state index is 0.632. The average molecular weight is 175 g/mol. The van der Waals surface area contributed by atoms with Gasteiger partial charge in [-0.15, -0.1) is 0 Å². The molecule has 0 fully saturated rings. The van der Waals surface area contributed by atoms with Crippen molar-refractivity contribution in [3.63, 3.8) is 0 Å². The van der Waals surface area contributed by atoms with Crippen LogP contribution in [-0.2, 0) is 14.7 Å². The molecule has 0 amide bonds. The standard InChI is InChI=1S/C5H5.C4H3.Co/c1-2-4-5-3-1;1-2-4-3-1;/h1-5H;1-3H;. The zero-order chi connectivity index (χ0) is 6.81. The molecule has 0 heterocycles. The fourth-order valence-electron chi connectivity index (χ4n) is 0.812. The van der Waals surface area contributed by atoms with Crippen molar-refractivity contribution in [2.75, 3.05) is 0 Å². The van der Waals surface area contributed by atoms with Crippen molar-refractivity contribution < 1.29 is 14.7 Å². The van der Waals surface area contributed by atoms with Crippen LogP contribution in [-0.4, -0.2) is 0 Å². The molecule has 0 aromatic heterocycles. The number of rotatable bonds is 2. The van der Waals surface area contributed by atoms with Gasteiger partial charge in [0.05, 0.1) is 0 Å². The summed E-state index contributed by atoms with van der Waals surface area (Å²) in [5, 5.41) is 0. The molecule has 2 aliphatic rings. The first-order valence-corrected chi connectivity index (χ1v) is 4.39. The normalized spacial score (nSPS) is 21.8. The molecule has 2 aliphatic carbocycles. The van der Waals surface area contributed by atoms with Gasteiger partial charge < -0.3 is 0 Å². The summed E-state index contributed by atoms with van der Waals surface area (Å²) in [5.74, 6) is 0. The molecular formula is C9H8Co. The quantitative estimate of drug-likeness (QED) is 0.604.